The summed E-state index contributed by atoms with van der Waals surface area (Å²) < 4.78 is 5.34. The van der Waals surface area contributed by atoms with Crippen LogP contribution in [0.5, 0.6) is 0 Å². The Kier molecular flexibility index (Phi) is 5.34. The largest absolute Gasteiger partial charge is 0.455 e. The van der Waals surface area contributed by atoms with Gasteiger partial charge >= 0.3 is 5.97 Å². The van der Waals surface area contributed by atoms with Crippen LogP contribution in [0.3, 0.4) is 0 Å². The molecule has 0 bridgehead atoms. The molecule has 25 heavy (non-hydrogen) atoms. The predicted octanol–water partition coefficient (Wildman–Crippen LogP) is 3.73. The number of nitrogens with one attached hydrogen (secondary N) is 1. The Balaban J connectivity index is 1.65. The van der Waals surface area contributed by atoms with E-state index in [4.69, 9.17) is 16.3 Å². The summed E-state index contributed by atoms with van der Waals surface area (Å²) in [7, 11) is 0. The molecule has 0 saturated heterocycles. The zero-order valence-corrected chi connectivity index (χ0v) is 14.5. The topological polar surface area (TPSA) is 68.3 Å². The van der Waals surface area contributed by atoms with Gasteiger partial charge in [0.05, 0.1) is 11.1 Å². The van der Waals surface area contributed by atoms with Crippen LogP contribution >= 0.6 is 11.6 Å². The normalized spacial score (nSPS) is 15.6. The van der Waals surface area contributed by atoms with Crippen molar-refractivity contribution >= 4 is 29.2 Å². The molecule has 3 rings (SSSR count). The summed E-state index contributed by atoms with van der Waals surface area (Å²) in [6, 6.07) is 12.9. The lowest BCUT2D eigenvalue weighted by Gasteiger charge is -2.27. The highest BCUT2D eigenvalue weighted by atomic mass is 35.5. The molecule has 1 fully saturated rings. The highest BCUT2D eigenvalue weighted by Crippen LogP contribution is 2.42. The van der Waals surface area contributed by atoms with Crippen molar-refractivity contribution in [2.24, 2.45) is 0 Å². The van der Waals surface area contributed by atoms with Gasteiger partial charge in [0.2, 0.25) is 0 Å². The smallest absolute Gasteiger partial charge is 0.317 e. The number of carbonyl (C=O) groups excluding carboxylic acids is 2. The zero-order valence-electron chi connectivity index (χ0n) is 13.7. The number of amides is 1. The molecule has 1 aromatic heterocycles. The molecular formula is C19H19ClN2O3. The van der Waals surface area contributed by atoms with Gasteiger partial charge in [-0.25, -0.2) is 4.98 Å². The molecule has 1 aliphatic rings. The second-order valence-corrected chi connectivity index (χ2v) is 6.48. The number of carbonyl (C=O) groups is 2. The van der Waals surface area contributed by atoms with Crippen LogP contribution in [-0.4, -0.2) is 23.5 Å². The standard InChI is InChI=1S/C19H19ClN2O3/c20-17-15(9-6-12-21-17)22-16(23)13-25-18(24)19(10-4-5-11-19)14-7-2-1-3-8-14/h1-3,6-9,12H,4-5,10-11,13H2,(H,22,23). The average Bonchev–Trinajstić information content (AvgIpc) is 3.13. The molecule has 1 N–H and O–H groups in total. The van der Waals surface area contributed by atoms with E-state index in [0.29, 0.717) is 5.69 Å². The van der Waals surface area contributed by atoms with Crippen molar-refractivity contribution in [2.75, 3.05) is 11.9 Å². The second-order valence-electron chi connectivity index (χ2n) is 6.12. The molecule has 2 aromatic rings. The van der Waals surface area contributed by atoms with Crippen molar-refractivity contribution in [3.05, 3.63) is 59.4 Å². The lowest BCUT2D eigenvalue weighted by molar-refractivity contribution is -0.153. The summed E-state index contributed by atoms with van der Waals surface area (Å²) in [5, 5.41) is 2.79. The number of anilines is 1. The highest BCUT2D eigenvalue weighted by Gasteiger charge is 2.44. The molecule has 0 spiro atoms. The van der Waals surface area contributed by atoms with Crippen LogP contribution in [0.15, 0.2) is 48.7 Å². The molecule has 1 aromatic carbocycles. The molecule has 1 saturated carbocycles. The van der Waals surface area contributed by atoms with Crippen LogP contribution in [0.4, 0.5) is 5.69 Å². The molecule has 130 valence electrons. The monoisotopic (exact) mass is 358 g/mol. The van der Waals surface area contributed by atoms with Gasteiger partial charge in [-0.15, -0.1) is 0 Å². The van der Waals surface area contributed by atoms with Gasteiger partial charge in [0.25, 0.3) is 5.91 Å². The van der Waals surface area contributed by atoms with E-state index in [1.54, 1.807) is 12.1 Å². The van der Waals surface area contributed by atoms with Gasteiger partial charge in [-0.1, -0.05) is 54.8 Å². The van der Waals surface area contributed by atoms with E-state index in [-0.39, 0.29) is 17.7 Å². The Bertz CT molecular complexity index is 758. The maximum absolute atomic E-state index is 12.8. The molecule has 1 aliphatic carbocycles. The van der Waals surface area contributed by atoms with E-state index < -0.39 is 11.3 Å². The molecule has 1 amide bonds. The average molecular weight is 359 g/mol. The minimum Gasteiger partial charge on any atom is -0.455 e. The first-order valence-electron chi connectivity index (χ1n) is 8.25. The summed E-state index contributed by atoms with van der Waals surface area (Å²) in [5.41, 5.74) is 0.699. The van der Waals surface area contributed by atoms with Gasteiger partial charge in [0.1, 0.15) is 0 Å². The van der Waals surface area contributed by atoms with E-state index in [1.165, 1.54) is 6.20 Å². The van der Waals surface area contributed by atoms with Gasteiger partial charge in [0, 0.05) is 6.20 Å². The van der Waals surface area contributed by atoms with Gasteiger partial charge in [-0.05, 0) is 30.5 Å². The maximum Gasteiger partial charge on any atom is 0.317 e. The summed E-state index contributed by atoms with van der Waals surface area (Å²) in [5.74, 6) is -0.784. The van der Waals surface area contributed by atoms with Crippen molar-refractivity contribution in [2.45, 2.75) is 31.1 Å². The Morgan fingerprint density at radius 2 is 1.84 bits per heavy atom. The van der Waals surface area contributed by atoms with Crippen molar-refractivity contribution in [3.8, 4) is 0 Å². The number of rotatable bonds is 5. The Morgan fingerprint density at radius 1 is 1.12 bits per heavy atom. The fourth-order valence-corrected chi connectivity index (χ4v) is 3.45. The third kappa shape index (κ3) is 3.82. The van der Waals surface area contributed by atoms with Crippen molar-refractivity contribution in [3.63, 3.8) is 0 Å². The quantitative estimate of drug-likeness (QED) is 0.653. The minimum atomic E-state index is -0.645. The van der Waals surface area contributed by atoms with Crippen LogP contribution in [0.1, 0.15) is 31.2 Å². The first-order chi connectivity index (χ1) is 12.1. The first-order valence-corrected chi connectivity index (χ1v) is 8.63. The van der Waals surface area contributed by atoms with Crippen LogP contribution in [-0.2, 0) is 19.7 Å². The van der Waals surface area contributed by atoms with Crippen LogP contribution < -0.4 is 5.32 Å². The van der Waals surface area contributed by atoms with E-state index in [0.717, 1.165) is 31.2 Å². The zero-order chi connectivity index (χ0) is 17.7. The second kappa shape index (κ2) is 7.66. The predicted molar refractivity (Wildman–Crippen MR) is 95.4 cm³/mol. The highest BCUT2D eigenvalue weighted by molar-refractivity contribution is 6.32. The molecule has 5 nitrogen and oxygen atoms in total. The van der Waals surface area contributed by atoms with Gasteiger partial charge < -0.3 is 10.1 Å². The van der Waals surface area contributed by atoms with Crippen molar-refractivity contribution in [1.29, 1.82) is 0 Å². The maximum atomic E-state index is 12.8. The molecular weight excluding hydrogens is 340 g/mol. The molecule has 0 atom stereocenters. The number of nitrogens with zero attached hydrogens (tertiary/aromatic N) is 1. The Hall–Kier alpha value is -2.40. The minimum absolute atomic E-state index is 0.193. The third-order valence-electron chi connectivity index (χ3n) is 4.54. The van der Waals surface area contributed by atoms with Gasteiger partial charge in [-0.2, -0.15) is 0 Å². The van der Waals surface area contributed by atoms with Crippen LogP contribution in [0, 0.1) is 0 Å². The van der Waals surface area contributed by atoms with Crippen LogP contribution in [0.2, 0.25) is 5.15 Å². The molecule has 1 heterocycles. The number of aromatic nitrogens is 1. The van der Waals surface area contributed by atoms with Gasteiger partial charge in [-0.3, -0.25) is 9.59 Å². The molecule has 0 radical (unpaired) electrons. The lowest BCUT2D eigenvalue weighted by Crippen LogP contribution is -2.36. The Labute approximate surface area is 151 Å². The van der Waals surface area contributed by atoms with Crippen LogP contribution in [0.25, 0.3) is 0 Å². The Morgan fingerprint density at radius 3 is 2.52 bits per heavy atom. The summed E-state index contributed by atoms with van der Waals surface area (Å²) in [6.07, 6.45) is 4.96. The van der Waals surface area contributed by atoms with Gasteiger partial charge in [0.15, 0.2) is 11.8 Å². The van der Waals surface area contributed by atoms with Crippen molar-refractivity contribution < 1.29 is 14.3 Å². The number of halogens is 1. The number of hydrogen-bond acceptors (Lipinski definition) is 4. The molecule has 0 aliphatic heterocycles. The lowest BCUT2D eigenvalue weighted by atomic mass is 9.79. The fourth-order valence-electron chi connectivity index (χ4n) is 3.28. The van der Waals surface area contributed by atoms with Crippen molar-refractivity contribution in [1.82, 2.24) is 4.98 Å². The number of hydrogen-bond donors (Lipinski definition) is 1. The number of benzene rings is 1. The number of pyridine rings is 1. The molecule has 0 unspecified atom stereocenters. The number of ether oxygens (including phenoxy) is 1. The SMILES string of the molecule is O=C(COC(=O)C1(c2ccccc2)CCCC1)Nc1cccnc1Cl. The first kappa shape index (κ1) is 17.4. The molecule has 6 heteroatoms. The number of esters is 1. The van der Waals surface area contributed by atoms with E-state index in [2.05, 4.69) is 10.3 Å². The van der Waals surface area contributed by atoms with E-state index >= 15 is 0 Å². The summed E-state index contributed by atoms with van der Waals surface area (Å²) in [6.45, 7) is -0.349. The van der Waals surface area contributed by atoms with E-state index in [9.17, 15) is 9.59 Å². The summed E-state index contributed by atoms with van der Waals surface area (Å²) >= 11 is 5.90. The van der Waals surface area contributed by atoms with E-state index in [1.807, 2.05) is 30.3 Å². The third-order valence-corrected chi connectivity index (χ3v) is 4.84. The fraction of sp³-hybridized carbons (Fsp3) is 0.316. The summed E-state index contributed by atoms with van der Waals surface area (Å²) in [4.78, 5) is 28.7.